The number of nitrogens with one attached hydrogen (secondary N) is 1. The molecule has 1 amide bonds. The quantitative estimate of drug-likeness (QED) is 0.320. The number of carbonyl (C=O) groups excluding carboxylic acids is 1. The number of hydrogen-bond donors (Lipinski definition) is 1. The summed E-state index contributed by atoms with van der Waals surface area (Å²) in [6.07, 6.45) is 1.81. The van der Waals surface area contributed by atoms with Crippen molar-refractivity contribution in [2.75, 3.05) is 13.2 Å². The van der Waals surface area contributed by atoms with E-state index in [0.29, 0.717) is 31.3 Å². The maximum absolute atomic E-state index is 12.2. The van der Waals surface area contributed by atoms with Gasteiger partial charge in [-0.05, 0) is 63.9 Å². The molecule has 170 valence electrons. The number of fused-ring (bicyclic) bond motifs is 2. The summed E-state index contributed by atoms with van der Waals surface area (Å²) in [5, 5.41) is 6.46. The second-order valence-corrected chi connectivity index (χ2v) is 7.94. The van der Waals surface area contributed by atoms with Gasteiger partial charge in [-0.3, -0.25) is 4.79 Å². The second kappa shape index (κ2) is 10.1. The molecule has 1 heterocycles. The predicted octanol–water partition coefficient (Wildman–Crippen LogP) is 4.88. The zero-order valence-corrected chi connectivity index (χ0v) is 18.6. The Hall–Kier alpha value is -4.32. The van der Waals surface area contributed by atoms with E-state index in [4.69, 9.17) is 14.2 Å². The third-order valence-electron chi connectivity index (χ3n) is 5.53. The lowest BCUT2D eigenvalue weighted by Crippen LogP contribution is -2.20. The zero-order chi connectivity index (χ0) is 23.2. The first-order chi connectivity index (χ1) is 16.7. The van der Waals surface area contributed by atoms with Crippen molar-refractivity contribution in [2.24, 2.45) is 5.10 Å². The van der Waals surface area contributed by atoms with E-state index >= 15 is 0 Å². The molecule has 0 aromatic heterocycles. The number of hydrogen-bond acceptors (Lipinski definition) is 5. The molecule has 0 radical (unpaired) electrons. The first-order valence-corrected chi connectivity index (χ1v) is 11.1. The SMILES string of the molecule is O=C(Cc1ccc2c(c1)OCCO2)N/N=C/c1ccc(OCc2cccc3ccccc23)cc1. The van der Waals surface area contributed by atoms with Crippen LogP contribution in [0.3, 0.4) is 0 Å². The van der Waals surface area contributed by atoms with Gasteiger partial charge in [-0.2, -0.15) is 5.10 Å². The van der Waals surface area contributed by atoms with Gasteiger partial charge in [0, 0.05) is 0 Å². The topological polar surface area (TPSA) is 69.2 Å². The molecule has 0 unspecified atom stereocenters. The lowest BCUT2D eigenvalue weighted by atomic mass is 10.1. The second-order valence-electron chi connectivity index (χ2n) is 7.94. The van der Waals surface area contributed by atoms with Crippen LogP contribution < -0.4 is 19.6 Å². The van der Waals surface area contributed by atoms with Gasteiger partial charge in [0.15, 0.2) is 11.5 Å². The van der Waals surface area contributed by atoms with Crippen molar-refractivity contribution < 1.29 is 19.0 Å². The van der Waals surface area contributed by atoms with E-state index < -0.39 is 0 Å². The monoisotopic (exact) mass is 452 g/mol. The number of amides is 1. The molecule has 6 nitrogen and oxygen atoms in total. The predicted molar refractivity (Wildman–Crippen MR) is 132 cm³/mol. The number of hydrazone groups is 1. The Morgan fingerprint density at radius 1 is 0.912 bits per heavy atom. The van der Waals surface area contributed by atoms with Gasteiger partial charge in [0.2, 0.25) is 5.91 Å². The summed E-state index contributed by atoms with van der Waals surface area (Å²) in [5.74, 6) is 1.94. The fourth-order valence-corrected chi connectivity index (χ4v) is 3.83. The molecule has 0 saturated carbocycles. The van der Waals surface area contributed by atoms with Crippen LogP contribution in [0, 0.1) is 0 Å². The molecule has 34 heavy (non-hydrogen) atoms. The normalized spacial score (nSPS) is 12.6. The molecule has 1 N–H and O–H groups in total. The highest BCUT2D eigenvalue weighted by Crippen LogP contribution is 2.30. The summed E-state index contributed by atoms with van der Waals surface area (Å²) in [7, 11) is 0. The van der Waals surface area contributed by atoms with E-state index in [1.54, 1.807) is 6.21 Å². The van der Waals surface area contributed by atoms with Gasteiger partial charge in [-0.15, -0.1) is 0 Å². The molecule has 4 aromatic rings. The van der Waals surface area contributed by atoms with E-state index in [9.17, 15) is 4.79 Å². The van der Waals surface area contributed by atoms with Crippen molar-refractivity contribution in [1.82, 2.24) is 5.43 Å². The molecule has 5 rings (SSSR count). The summed E-state index contributed by atoms with van der Waals surface area (Å²) < 4.78 is 17.0. The molecule has 0 atom stereocenters. The third kappa shape index (κ3) is 5.18. The highest BCUT2D eigenvalue weighted by molar-refractivity contribution is 5.85. The maximum Gasteiger partial charge on any atom is 0.244 e. The number of rotatable bonds is 7. The van der Waals surface area contributed by atoms with E-state index in [1.165, 1.54) is 10.8 Å². The van der Waals surface area contributed by atoms with Crippen molar-refractivity contribution in [3.8, 4) is 17.2 Å². The molecular formula is C28H24N2O4. The van der Waals surface area contributed by atoms with Gasteiger partial charge in [0.05, 0.1) is 12.6 Å². The number of benzene rings is 4. The first kappa shape index (κ1) is 21.5. The molecule has 0 spiro atoms. The van der Waals surface area contributed by atoms with Crippen LogP contribution in [0.4, 0.5) is 0 Å². The number of ether oxygens (including phenoxy) is 3. The average Bonchev–Trinajstić information content (AvgIpc) is 2.88. The van der Waals surface area contributed by atoms with Crippen molar-refractivity contribution in [1.29, 1.82) is 0 Å². The van der Waals surface area contributed by atoms with Crippen molar-refractivity contribution in [3.05, 3.63) is 102 Å². The molecule has 0 bridgehead atoms. The zero-order valence-electron chi connectivity index (χ0n) is 18.6. The van der Waals surface area contributed by atoms with Crippen molar-refractivity contribution in [2.45, 2.75) is 13.0 Å². The Morgan fingerprint density at radius 3 is 2.59 bits per heavy atom. The molecule has 1 aliphatic rings. The van der Waals surface area contributed by atoms with Gasteiger partial charge in [-0.25, -0.2) is 5.43 Å². The van der Waals surface area contributed by atoms with Crippen LogP contribution in [0.25, 0.3) is 10.8 Å². The summed E-state index contributed by atoms with van der Waals surface area (Å²) in [4.78, 5) is 12.2. The summed E-state index contributed by atoms with van der Waals surface area (Å²) in [5.41, 5.74) is 5.40. The molecular weight excluding hydrogens is 428 g/mol. The van der Waals surface area contributed by atoms with Gasteiger partial charge >= 0.3 is 0 Å². The minimum atomic E-state index is -0.206. The number of carbonyl (C=O) groups is 1. The number of nitrogens with zero attached hydrogens (tertiary/aromatic N) is 1. The van der Waals surface area contributed by atoms with Gasteiger partial charge in [-0.1, -0.05) is 48.5 Å². The minimum Gasteiger partial charge on any atom is -0.489 e. The first-order valence-electron chi connectivity index (χ1n) is 11.1. The van der Waals surface area contributed by atoms with Crippen molar-refractivity contribution in [3.63, 3.8) is 0 Å². The molecule has 0 aliphatic carbocycles. The fourth-order valence-electron chi connectivity index (χ4n) is 3.83. The highest BCUT2D eigenvalue weighted by atomic mass is 16.6. The third-order valence-corrected chi connectivity index (χ3v) is 5.53. The largest absolute Gasteiger partial charge is 0.489 e. The van der Waals surface area contributed by atoms with Crippen LogP contribution in [0.5, 0.6) is 17.2 Å². The summed E-state index contributed by atoms with van der Waals surface area (Å²) in [6, 6.07) is 27.6. The molecule has 6 heteroatoms. The van der Waals surface area contributed by atoms with E-state index in [2.05, 4.69) is 34.8 Å². The molecule has 4 aromatic carbocycles. The van der Waals surface area contributed by atoms with Crippen LogP contribution in [-0.2, 0) is 17.8 Å². The van der Waals surface area contributed by atoms with Crippen LogP contribution in [0.1, 0.15) is 16.7 Å². The molecule has 0 fully saturated rings. The van der Waals surface area contributed by atoms with E-state index in [0.717, 1.165) is 22.4 Å². The lowest BCUT2D eigenvalue weighted by molar-refractivity contribution is -0.120. The van der Waals surface area contributed by atoms with E-state index in [1.807, 2.05) is 60.7 Å². The Morgan fingerprint density at radius 2 is 1.71 bits per heavy atom. The van der Waals surface area contributed by atoms with E-state index in [-0.39, 0.29) is 12.3 Å². The van der Waals surface area contributed by atoms with Crippen LogP contribution in [0.2, 0.25) is 0 Å². The Kier molecular flexibility index (Phi) is 6.38. The smallest absolute Gasteiger partial charge is 0.244 e. The van der Waals surface area contributed by atoms with Gasteiger partial charge in [0.1, 0.15) is 25.6 Å². The lowest BCUT2D eigenvalue weighted by Gasteiger charge is -2.18. The summed E-state index contributed by atoms with van der Waals surface area (Å²) >= 11 is 0. The Balaban J connectivity index is 1.13. The minimum absolute atomic E-state index is 0.203. The Labute approximate surface area is 197 Å². The highest BCUT2D eigenvalue weighted by Gasteiger charge is 2.13. The van der Waals surface area contributed by atoms with Crippen LogP contribution >= 0.6 is 0 Å². The Bertz CT molecular complexity index is 1330. The average molecular weight is 453 g/mol. The van der Waals surface area contributed by atoms with Crippen LogP contribution in [0.15, 0.2) is 90.0 Å². The van der Waals surface area contributed by atoms with Crippen molar-refractivity contribution >= 4 is 22.9 Å². The fraction of sp³-hybridized carbons (Fsp3) is 0.143. The molecule has 0 saturated heterocycles. The van der Waals surface area contributed by atoms with Gasteiger partial charge in [0.25, 0.3) is 0 Å². The van der Waals surface area contributed by atoms with Crippen LogP contribution in [-0.4, -0.2) is 25.3 Å². The summed E-state index contributed by atoms with van der Waals surface area (Å²) in [6.45, 7) is 1.55. The maximum atomic E-state index is 12.2. The van der Waals surface area contributed by atoms with Gasteiger partial charge < -0.3 is 14.2 Å². The molecule has 1 aliphatic heterocycles. The standard InChI is InChI=1S/C28H24N2O4/c31-28(17-21-10-13-26-27(16-21)33-15-14-32-26)30-29-18-20-8-11-24(12-9-20)34-19-23-6-3-5-22-4-1-2-7-25(22)23/h1-13,16,18H,14-15,17,19H2,(H,30,31)/b29-18+.